The second-order valence-electron chi connectivity index (χ2n) is 8.05. The number of hydrogen-bond acceptors (Lipinski definition) is 7. The topological polar surface area (TPSA) is 128 Å². The van der Waals surface area contributed by atoms with E-state index in [-0.39, 0.29) is 26.9 Å². The van der Waals surface area contributed by atoms with Crippen molar-refractivity contribution in [1.82, 2.24) is 14.1 Å². The summed E-state index contributed by atoms with van der Waals surface area (Å²) < 4.78 is 33.4. The minimum absolute atomic E-state index is 0.0111. The van der Waals surface area contributed by atoms with Crippen LogP contribution in [-0.2, 0) is 26.6 Å². The molecule has 0 atom stereocenters. The lowest BCUT2D eigenvalue weighted by atomic mass is 10.1. The predicted octanol–water partition coefficient (Wildman–Crippen LogP) is 2.56. The molecule has 0 saturated carbocycles. The number of hydrogen-bond donors (Lipinski definition) is 1. The number of nitrogens with zero attached hydrogens (tertiary/aromatic N) is 3. The van der Waals surface area contributed by atoms with Crippen molar-refractivity contribution in [2.45, 2.75) is 24.2 Å². The summed E-state index contributed by atoms with van der Waals surface area (Å²) >= 11 is 6.16. The number of benzene rings is 2. The van der Waals surface area contributed by atoms with Gasteiger partial charge in [-0.05, 0) is 37.1 Å². The van der Waals surface area contributed by atoms with Gasteiger partial charge in [0.25, 0.3) is 11.5 Å². The molecular weight excluding hydrogens is 496 g/mol. The van der Waals surface area contributed by atoms with Gasteiger partial charge in [0.15, 0.2) is 12.3 Å². The van der Waals surface area contributed by atoms with Crippen LogP contribution in [0.1, 0.15) is 29.8 Å². The number of piperidine rings is 1. The number of carbonyl (C=O) groups excluding carboxylic acids is 2. The molecule has 1 saturated heterocycles. The lowest BCUT2D eigenvalue weighted by Crippen LogP contribution is -2.35. The molecule has 0 unspecified atom stereocenters. The van der Waals surface area contributed by atoms with Crippen molar-refractivity contribution in [3.63, 3.8) is 0 Å². The van der Waals surface area contributed by atoms with Crippen LogP contribution >= 0.6 is 11.6 Å². The molecule has 35 heavy (non-hydrogen) atoms. The van der Waals surface area contributed by atoms with Crippen LogP contribution in [-0.4, -0.2) is 54.1 Å². The predicted molar refractivity (Wildman–Crippen MR) is 130 cm³/mol. The summed E-state index contributed by atoms with van der Waals surface area (Å²) in [4.78, 5) is 37.3. The molecular formula is C23H23ClN4O6S. The number of nitrogens with one attached hydrogen (secondary N) is 1. The maximum Gasteiger partial charge on any atom is 0.359 e. The van der Waals surface area contributed by atoms with Gasteiger partial charge in [0.1, 0.15) is 0 Å². The molecule has 10 nitrogen and oxygen atoms in total. The summed E-state index contributed by atoms with van der Waals surface area (Å²) in [5.41, 5.74) is -0.399. The summed E-state index contributed by atoms with van der Waals surface area (Å²) in [7, 11) is -2.32. The summed E-state index contributed by atoms with van der Waals surface area (Å²) in [6.07, 6.45) is 2.57. The molecule has 0 spiro atoms. The van der Waals surface area contributed by atoms with E-state index in [4.69, 9.17) is 16.3 Å². The number of halogens is 1. The van der Waals surface area contributed by atoms with E-state index in [2.05, 4.69) is 10.4 Å². The van der Waals surface area contributed by atoms with E-state index in [1.807, 2.05) is 0 Å². The Morgan fingerprint density at radius 1 is 1.09 bits per heavy atom. The van der Waals surface area contributed by atoms with Crippen LogP contribution in [0.25, 0.3) is 10.8 Å². The number of carbonyl (C=O) groups is 2. The molecule has 0 bridgehead atoms. The Kier molecular flexibility index (Phi) is 7.20. The molecule has 1 N–H and O–H groups in total. The van der Waals surface area contributed by atoms with Gasteiger partial charge >= 0.3 is 5.97 Å². The number of aryl methyl sites for hydroxylation is 1. The van der Waals surface area contributed by atoms with Gasteiger partial charge in [-0.15, -0.1) is 0 Å². The minimum Gasteiger partial charge on any atom is -0.451 e. The Balaban J connectivity index is 1.47. The van der Waals surface area contributed by atoms with Gasteiger partial charge in [0, 0.05) is 25.5 Å². The molecule has 0 aliphatic carbocycles. The highest BCUT2D eigenvalue weighted by molar-refractivity contribution is 7.89. The van der Waals surface area contributed by atoms with Crippen LogP contribution in [0.2, 0.25) is 5.02 Å². The number of fused-ring (bicyclic) bond motifs is 1. The third-order valence-corrected chi connectivity index (χ3v) is 7.87. The first-order valence-corrected chi connectivity index (χ1v) is 12.7. The third-order valence-electron chi connectivity index (χ3n) is 5.65. The van der Waals surface area contributed by atoms with E-state index in [1.54, 1.807) is 24.3 Å². The molecule has 4 rings (SSSR count). The summed E-state index contributed by atoms with van der Waals surface area (Å²) in [6.45, 7) is 0.212. The van der Waals surface area contributed by atoms with Gasteiger partial charge in [-0.2, -0.15) is 9.40 Å². The largest absolute Gasteiger partial charge is 0.451 e. The Bertz CT molecular complexity index is 1460. The lowest BCUT2D eigenvalue weighted by molar-refractivity contribution is -0.119. The SMILES string of the molecule is Cn1nc(C(=O)OCC(=O)Nc2cc(S(=O)(=O)N3CCCCC3)ccc2Cl)c2ccccc2c1=O. The molecule has 1 aliphatic rings. The second-order valence-corrected chi connectivity index (χ2v) is 10.4. The fourth-order valence-corrected chi connectivity index (χ4v) is 5.56. The van der Waals surface area contributed by atoms with E-state index in [1.165, 1.54) is 29.6 Å². The highest BCUT2D eigenvalue weighted by Crippen LogP contribution is 2.28. The Hall–Kier alpha value is -3.28. The zero-order valence-corrected chi connectivity index (χ0v) is 20.4. The number of esters is 1. The Morgan fingerprint density at radius 3 is 2.49 bits per heavy atom. The van der Waals surface area contributed by atoms with E-state index in [0.717, 1.165) is 23.9 Å². The normalized spacial score (nSPS) is 14.6. The molecule has 0 radical (unpaired) electrons. The molecule has 1 aromatic heterocycles. The minimum atomic E-state index is -3.73. The van der Waals surface area contributed by atoms with Crippen LogP contribution in [0.4, 0.5) is 5.69 Å². The van der Waals surface area contributed by atoms with Gasteiger partial charge < -0.3 is 10.1 Å². The van der Waals surface area contributed by atoms with Crippen molar-refractivity contribution >= 4 is 50.0 Å². The van der Waals surface area contributed by atoms with Crippen molar-refractivity contribution in [3.8, 4) is 0 Å². The molecule has 1 aliphatic heterocycles. The van der Waals surface area contributed by atoms with Crippen LogP contribution in [0, 0.1) is 0 Å². The zero-order chi connectivity index (χ0) is 25.2. The second kappa shape index (κ2) is 10.1. The van der Waals surface area contributed by atoms with E-state index in [0.29, 0.717) is 23.9 Å². The van der Waals surface area contributed by atoms with Crippen molar-refractivity contribution in [3.05, 3.63) is 63.5 Å². The Morgan fingerprint density at radius 2 is 1.77 bits per heavy atom. The number of anilines is 1. The van der Waals surface area contributed by atoms with Crippen molar-refractivity contribution in [2.24, 2.45) is 7.05 Å². The molecule has 2 heterocycles. The quantitative estimate of drug-likeness (QED) is 0.497. The molecule has 184 valence electrons. The number of ether oxygens (including phenoxy) is 1. The van der Waals surface area contributed by atoms with E-state index in [9.17, 15) is 22.8 Å². The standard InChI is InChI=1S/C23H23ClN4O6S/c1-27-22(30)17-8-4-3-7-16(17)21(26-27)23(31)34-14-20(29)25-19-13-15(9-10-18(19)24)35(32,33)28-11-5-2-6-12-28/h3-4,7-10,13H,2,5-6,11-12,14H2,1H3,(H,25,29). The maximum absolute atomic E-state index is 12.9. The van der Waals surface area contributed by atoms with Crippen LogP contribution in [0.5, 0.6) is 0 Å². The fraction of sp³-hybridized carbons (Fsp3) is 0.304. The monoisotopic (exact) mass is 518 g/mol. The first-order valence-electron chi connectivity index (χ1n) is 10.9. The number of aromatic nitrogens is 2. The van der Waals surface area contributed by atoms with Gasteiger partial charge in [0.2, 0.25) is 10.0 Å². The summed E-state index contributed by atoms with van der Waals surface area (Å²) in [5, 5.41) is 7.18. The first-order chi connectivity index (χ1) is 16.7. The van der Waals surface area contributed by atoms with Crippen molar-refractivity contribution < 1.29 is 22.7 Å². The number of amides is 1. The lowest BCUT2D eigenvalue weighted by Gasteiger charge is -2.26. The summed E-state index contributed by atoms with van der Waals surface area (Å²) in [5.74, 6) is -1.61. The molecule has 2 aromatic carbocycles. The average molecular weight is 519 g/mol. The highest BCUT2D eigenvalue weighted by atomic mass is 35.5. The average Bonchev–Trinajstić information content (AvgIpc) is 2.86. The highest BCUT2D eigenvalue weighted by Gasteiger charge is 2.27. The van der Waals surface area contributed by atoms with E-state index < -0.39 is 28.5 Å². The molecule has 3 aromatic rings. The van der Waals surface area contributed by atoms with Crippen molar-refractivity contribution in [2.75, 3.05) is 25.0 Å². The smallest absolute Gasteiger partial charge is 0.359 e. The number of rotatable bonds is 6. The van der Waals surface area contributed by atoms with Gasteiger partial charge in [0.05, 0.1) is 21.0 Å². The maximum atomic E-state index is 12.9. The number of sulfonamides is 1. The van der Waals surface area contributed by atoms with Gasteiger partial charge in [-0.3, -0.25) is 9.59 Å². The third kappa shape index (κ3) is 5.21. The van der Waals surface area contributed by atoms with Crippen LogP contribution < -0.4 is 10.9 Å². The first kappa shape index (κ1) is 24.8. The van der Waals surface area contributed by atoms with Crippen LogP contribution in [0.3, 0.4) is 0 Å². The fourth-order valence-electron chi connectivity index (χ4n) is 3.85. The van der Waals surface area contributed by atoms with Crippen LogP contribution in [0.15, 0.2) is 52.2 Å². The Labute approximate surface area is 206 Å². The molecule has 12 heteroatoms. The van der Waals surface area contributed by atoms with E-state index >= 15 is 0 Å². The summed E-state index contributed by atoms with van der Waals surface area (Å²) in [6, 6.07) is 10.5. The zero-order valence-electron chi connectivity index (χ0n) is 18.9. The van der Waals surface area contributed by atoms with Crippen molar-refractivity contribution in [1.29, 1.82) is 0 Å². The molecule has 1 amide bonds. The molecule has 1 fully saturated rings. The van der Waals surface area contributed by atoms with Gasteiger partial charge in [-0.25, -0.2) is 17.9 Å². The van der Waals surface area contributed by atoms with Gasteiger partial charge in [-0.1, -0.05) is 36.2 Å².